The van der Waals surface area contributed by atoms with Crippen LogP contribution < -0.4 is 0 Å². The molecule has 0 radical (unpaired) electrons. The lowest BCUT2D eigenvalue weighted by atomic mass is 9.99. The summed E-state index contributed by atoms with van der Waals surface area (Å²) in [5, 5.41) is 9.79. The SMILES string of the molecule is CC(=O)O[C@H]1[C@@H](OC(C)=O)[C@H](O)O[C@@H](C)[C@H]1OC(C)=O. The number of carbonyl (C=O) groups excluding carboxylic acids is 3. The van der Waals surface area contributed by atoms with E-state index in [4.69, 9.17) is 18.9 Å². The van der Waals surface area contributed by atoms with Crippen LogP contribution in [0.2, 0.25) is 0 Å². The molecule has 5 atom stereocenters. The maximum atomic E-state index is 11.2. The van der Waals surface area contributed by atoms with Gasteiger partial charge < -0.3 is 24.1 Å². The molecule has 1 rings (SSSR count). The molecule has 0 bridgehead atoms. The standard InChI is InChI=1S/C12H18O8/c1-5-9(18-6(2)13)10(19-7(3)14)11(12(16)17-5)20-8(4)15/h5,9-12,16H,1-4H3/t5-,9+,10+,11+,12+/m0/s1. The average Bonchev–Trinajstić information content (AvgIpc) is 2.27. The van der Waals surface area contributed by atoms with E-state index in [2.05, 4.69) is 0 Å². The minimum absolute atomic E-state index is 0.611. The van der Waals surface area contributed by atoms with Crippen LogP contribution in [0.25, 0.3) is 0 Å². The number of aliphatic hydroxyl groups excluding tert-OH is 1. The molecule has 1 fully saturated rings. The number of aliphatic hydroxyl groups is 1. The summed E-state index contributed by atoms with van der Waals surface area (Å²) in [4.78, 5) is 33.3. The molecule has 8 heteroatoms. The van der Waals surface area contributed by atoms with Gasteiger partial charge in [0.25, 0.3) is 0 Å². The van der Waals surface area contributed by atoms with Crippen LogP contribution in [-0.2, 0) is 33.3 Å². The first kappa shape index (κ1) is 16.4. The smallest absolute Gasteiger partial charge is 0.303 e. The Morgan fingerprint density at radius 1 is 0.850 bits per heavy atom. The molecule has 0 unspecified atom stereocenters. The quantitative estimate of drug-likeness (QED) is 0.548. The minimum Gasteiger partial charge on any atom is -0.456 e. The number of ether oxygens (including phenoxy) is 4. The molecule has 0 saturated carbocycles. The Kier molecular flexibility index (Phi) is 5.46. The third kappa shape index (κ3) is 4.17. The van der Waals surface area contributed by atoms with Gasteiger partial charge in [-0.05, 0) is 6.92 Å². The number of esters is 3. The van der Waals surface area contributed by atoms with E-state index in [1.807, 2.05) is 0 Å². The summed E-state index contributed by atoms with van der Waals surface area (Å²) in [7, 11) is 0. The van der Waals surface area contributed by atoms with E-state index >= 15 is 0 Å². The minimum atomic E-state index is -1.48. The zero-order valence-corrected chi connectivity index (χ0v) is 11.7. The van der Waals surface area contributed by atoms with Crippen LogP contribution in [0, 0.1) is 0 Å². The fourth-order valence-corrected chi connectivity index (χ4v) is 1.99. The van der Waals surface area contributed by atoms with Crippen molar-refractivity contribution < 1.29 is 38.4 Å². The van der Waals surface area contributed by atoms with Crippen molar-refractivity contribution in [3.8, 4) is 0 Å². The van der Waals surface area contributed by atoms with Crippen molar-refractivity contribution in [2.24, 2.45) is 0 Å². The first-order valence-electron chi connectivity index (χ1n) is 6.07. The Labute approximate surface area is 115 Å². The first-order valence-corrected chi connectivity index (χ1v) is 6.07. The van der Waals surface area contributed by atoms with Crippen molar-refractivity contribution >= 4 is 17.9 Å². The Balaban J connectivity index is 3.01. The zero-order chi connectivity index (χ0) is 15.4. The first-order chi connectivity index (χ1) is 9.22. The molecular weight excluding hydrogens is 272 g/mol. The second-order valence-corrected chi connectivity index (χ2v) is 4.45. The van der Waals surface area contributed by atoms with Gasteiger partial charge in [-0.2, -0.15) is 0 Å². The van der Waals surface area contributed by atoms with E-state index in [9.17, 15) is 19.5 Å². The van der Waals surface area contributed by atoms with Crippen LogP contribution in [0.4, 0.5) is 0 Å². The molecule has 8 nitrogen and oxygen atoms in total. The number of hydrogen-bond acceptors (Lipinski definition) is 8. The maximum Gasteiger partial charge on any atom is 0.303 e. The Bertz CT molecular complexity index is 365. The van der Waals surface area contributed by atoms with Crippen molar-refractivity contribution in [3.05, 3.63) is 0 Å². The van der Waals surface area contributed by atoms with Crippen LogP contribution in [0.15, 0.2) is 0 Å². The predicted octanol–water partition coefficient (Wildman–Crippen LogP) is -0.481. The van der Waals surface area contributed by atoms with Crippen LogP contribution in [-0.4, -0.2) is 53.7 Å². The largest absolute Gasteiger partial charge is 0.456 e. The van der Waals surface area contributed by atoms with Crippen LogP contribution >= 0.6 is 0 Å². The third-order valence-corrected chi connectivity index (χ3v) is 2.65. The number of carbonyl (C=O) groups is 3. The van der Waals surface area contributed by atoms with Crippen molar-refractivity contribution in [3.63, 3.8) is 0 Å². The normalized spacial score (nSPS) is 33.1. The molecule has 0 aliphatic carbocycles. The van der Waals surface area contributed by atoms with E-state index < -0.39 is 48.6 Å². The van der Waals surface area contributed by atoms with Gasteiger partial charge >= 0.3 is 17.9 Å². The highest BCUT2D eigenvalue weighted by Crippen LogP contribution is 2.27. The third-order valence-electron chi connectivity index (χ3n) is 2.65. The molecular formula is C12H18O8. The Morgan fingerprint density at radius 2 is 1.25 bits per heavy atom. The highest BCUT2D eigenvalue weighted by Gasteiger charge is 2.49. The predicted molar refractivity (Wildman–Crippen MR) is 63.2 cm³/mol. The van der Waals surface area contributed by atoms with E-state index in [0.29, 0.717) is 0 Å². The van der Waals surface area contributed by atoms with E-state index in [-0.39, 0.29) is 0 Å². The summed E-state index contributed by atoms with van der Waals surface area (Å²) in [6, 6.07) is 0. The van der Waals surface area contributed by atoms with Gasteiger partial charge in [0, 0.05) is 20.8 Å². The highest BCUT2D eigenvalue weighted by atomic mass is 16.7. The number of rotatable bonds is 3. The molecule has 0 spiro atoms. The molecule has 1 aliphatic rings. The van der Waals surface area contributed by atoms with Gasteiger partial charge in [0.2, 0.25) is 0 Å². The maximum absolute atomic E-state index is 11.2. The molecule has 0 aromatic heterocycles. The number of hydrogen-bond donors (Lipinski definition) is 1. The van der Waals surface area contributed by atoms with Gasteiger partial charge in [0.05, 0.1) is 6.10 Å². The lowest BCUT2D eigenvalue weighted by Crippen LogP contribution is -2.60. The van der Waals surface area contributed by atoms with Crippen molar-refractivity contribution in [2.75, 3.05) is 0 Å². The van der Waals surface area contributed by atoms with Crippen molar-refractivity contribution in [1.82, 2.24) is 0 Å². The Hall–Kier alpha value is -1.67. The van der Waals surface area contributed by atoms with E-state index in [0.717, 1.165) is 13.8 Å². The van der Waals surface area contributed by atoms with Crippen molar-refractivity contribution in [2.45, 2.75) is 58.4 Å². The Morgan fingerprint density at radius 3 is 1.70 bits per heavy atom. The lowest BCUT2D eigenvalue weighted by molar-refractivity contribution is -0.288. The zero-order valence-electron chi connectivity index (χ0n) is 11.7. The van der Waals surface area contributed by atoms with Crippen molar-refractivity contribution in [1.29, 1.82) is 0 Å². The van der Waals surface area contributed by atoms with Gasteiger partial charge in [-0.3, -0.25) is 14.4 Å². The monoisotopic (exact) mass is 290 g/mol. The molecule has 114 valence electrons. The molecule has 0 amide bonds. The lowest BCUT2D eigenvalue weighted by Gasteiger charge is -2.41. The molecule has 1 N–H and O–H groups in total. The van der Waals surface area contributed by atoms with E-state index in [1.54, 1.807) is 0 Å². The summed E-state index contributed by atoms with van der Waals surface area (Å²) in [5.41, 5.74) is 0. The highest BCUT2D eigenvalue weighted by molar-refractivity contribution is 5.68. The molecule has 1 saturated heterocycles. The van der Waals surface area contributed by atoms with Gasteiger partial charge in [-0.25, -0.2) is 0 Å². The summed E-state index contributed by atoms with van der Waals surface area (Å²) in [6.07, 6.45) is -5.60. The molecule has 1 aliphatic heterocycles. The summed E-state index contributed by atoms with van der Waals surface area (Å²) in [6.45, 7) is 5.01. The fourth-order valence-electron chi connectivity index (χ4n) is 1.99. The summed E-state index contributed by atoms with van der Waals surface area (Å²) >= 11 is 0. The van der Waals surface area contributed by atoms with Gasteiger partial charge in [0.15, 0.2) is 24.6 Å². The summed E-state index contributed by atoms with van der Waals surface area (Å²) < 4.78 is 20.1. The van der Waals surface area contributed by atoms with Gasteiger partial charge in [-0.15, -0.1) is 0 Å². The molecule has 0 aromatic carbocycles. The average molecular weight is 290 g/mol. The topological polar surface area (TPSA) is 108 Å². The van der Waals surface area contributed by atoms with Gasteiger partial charge in [0.1, 0.15) is 0 Å². The van der Waals surface area contributed by atoms with Crippen LogP contribution in [0.3, 0.4) is 0 Å². The van der Waals surface area contributed by atoms with Gasteiger partial charge in [-0.1, -0.05) is 0 Å². The van der Waals surface area contributed by atoms with Crippen LogP contribution in [0.5, 0.6) is 0 Å². The fraction of sp³-hybridized carbons (Fsp3) is 0.750. The second kappa shape index (κ2) is 6.67. The summed E-state index contributed by atoms with van der Waals surface area (Å²) in [5.74, 6) is -1.96. The molecule has 0 aromatic rings. The van der Waals surface area contributed by atoms with E-state index in [1.165, 1.54) is 13.8 Å². The molecule has 20 heavy (non-hydrogen) atoms. The second-order valence-electron chi connectivity index (χ2n) is 4.45. The molecule has 1 heterocycles. The van der Waals surface area contributed by atoms with Crippen LogP contribution in [0.1, 0.15) is 27.7 Å².